The van der Waals surface area contributed by atoms with Gasteiger partial charge in [-0.2, -0.15) is 0 Å². The quantitative estimate of drug-likeness (QED) is 0.361. The third-order valence-electron chi connectivity index (χ3n) is 8.65. The number of benzene rings is 2. The van der Waals surface area contributed by atoms with Gasteiger partial charge in [-0.15, -0.1) is 0 Å². The molecule has 0 aromatic heterocycles. The molecule has 0 bridgehead atoms. The number of fused-ring (bicyclic) bond motifs is 3. The number of esters is 1. The van der Waals surface area contributed by atoms with Crippen LogP contribution in [0.15, 0.2) is 46.2 Å². The zero-order valence-electron chi connectivity index (χ0n) is 25.5. The molecule has 2 aromatic carbocycles. The number of carbonyl (C=O) groups excluding carboxylic acids is 3. The van der Waals surface area contributed by atoms with Crippen LogP contribution < -0.4 is 24.8 Å². The second-order valence-corrected chi connectivity index (χ2v) is 12.1. The highest BCUT2D eigenvalue weighted by Gasteiger charge is 2.42. The van der Waals surface area contributed by atoms with E-state index in [1.165, 1.54) is 0 Å². The summed E-state index contributed by atoms with van der Waals surface area (Å²) in [4.78, 5) is 43.9. The predicted molar refractivity (Wildman–Crippen MR) is 162 cm³/mol. The second kappa shape index (κ2) is 11.7. The Morgan fingerprint density at radius 1 is 1.16 bits per heavy atom. The number of allylic oxidation sites excluding steroid dienone is 3. The molecule has 1 aliphatic carbocycles. The third-order valence-corrected chi connectivity index (χ3v) is 8.65. The van der Waals surface area contributed by atoms with E-state index >= 15 is 0 Å². The van der Waals surface area contributed by atoms with Crippen LogP contribution in [0.3, 0.4) is 0 Å². The molecule has 0 radical (unpaired) electrons. The molecule has 0 saturated heterocycles. The fraction of sp³-hybridized carbons (Fsp3) is 0.429. The van der Waals surface area contributed by atoms with Crippen LogP contribution >= 0.6 is 0 Å². The van der Waals surface area contributed by atoms with Crippen molar-refractivity contribution in [1.82, 2.24) is 0 Å². The van der Waals surface area contributed by atoms with Crippen LogP contribution in [0.4, 0.5) is 0 Å². The fourth-order valence-corrected chi connectivity index (χ4v) is 6.43. The summed E-state index contributed by atoms with van der Waals surface area (Å²) >= 11 is 0. The summed E-state index contributed by atoms with van der Waals surface area (Å²) in [5.74, 6) is 0.0111. The zero-order chi connectivity index (χ0) is 31.2. The van der Waals surface area contributed by atoms with Crippen LogP contribution in [0.2, 0.25) is 0 Å². The zero-order valence-corrected chi connectivity index (χ0v) is 25.5. The third kappa shape index (κ3) is 5.23. The van der Waals surface area contributed by atoms with Crippen molar-refractivity contribution in [2.24, 2.45) is 4.99 Å². The van der Waals surface area contributed by atoms with Crippen molar-refractivity contribution in [3.05, 3.63) is 68.4 Å². The van der Waals surface area contributed by atoms with Crippen LogP contribution in [0.25, 0.3) is 11.6 Å². The molecule has 9 heteroatoms. The number of ether oxygens (including phenoxy) is 4. The summed E-state index contributed by atoms with van der Waals surface area (Å²) in [7, 11) is 0. The molecule has 2 unspecified atom stereocenters. The number of carbonyl (C=O) groups is 3. The van der Waals surface area contributed by atoms with Gasteiger partial charge in [0.2, 0.25) is 5.76 Å². The SMILES string of the molecule is CCCOc1c2c(cc3c1C(=C1CCC(=O)C(c4ccc5c(c4)=CCN=5)C1)C(C=O)=C(C(=O)OCC)O3)OC(C(C)(C)O)C2. The summed E-state index contributed by atoms with van der Waals surface area (Å²) in [5, 5.41) is 12.7. The van der Waals surface area contributed by atoms with Gasteiger partial charge in [-0.05, 0) is 62.9 Å². The maximum absolute atomic E-state index is 13.4. The molecule has 3 aliphatic heterocycles. The highest BCUT2D eigenvalue weighted by molar-refractivity contribution is 6.10. The first-order chi connectivity index (χ1) is 21.1. The van der Waals surface area contributed by atoms with Crippen LogP contribution in [0.1, 0.15) is 76.0 Å². The average Bonchev–Trinajstić information content (AvgIpc) is 3.66. The number of aldehydes is 1. The molecule has 1 fully saturated rings. The minimum absolute atomic E-state index is 0.0689. The van der Waals surface area contributed by atoms with Gasteiger partial charge in [0.25, 0.3) is 0 Å². The van der Waals surface area contributed by atoms with E-state index in [9.17, 15) is 19.5 Å². The standard InChI is InChI=1S/C35H37NO8/c1-5-13-42-32-23-16-29(35(3,4)40)43-27(23)17-28-31(32)30(24(18-37)33(44-28)34(39)41-6-2)21-8-10-26(38)22(15-21)19-7-9-25-20(14-19)11-12-36-25/h7,9,11,14,17-18,22,29,40H,5-6,8,10,12-13,15-16H2,1-4H3. The maximum Gasteiger partial charge on any atom is 0.375 e. The summed E-state index contributed by atoms with van der Waals surface area (Å²) in [6.45, 7) is 8.17. The van der Waals surface area contributed by atoms with E-state index in [2.05, 4.69) is 4.99 Å². The first kappa shape index (κ1) is 29.8. The average molecular weight is 600 g/mol. The lowest BCUT2D eigenvalue weighted by Crippen LogP contribution is -2.39. The van der Waals surface area contributed by atoms with E-state index < -0.39 is 23.6 Å². The van der Waals surface area contributed by atoms with Gasteiger partial charge in [0.1, 0.15) is 29.1 Å². The van der Waals surface area contributed by atoms with Crippen molar-refractivity contribution >= 4 is 29.7 Å². The molecular formula is C35H37NO8. The van der Waals surface area contributed by atoms with Crippen LogP contribution in [-0.4, -0.2) is 54.6 Å². The van der Waals surface area contributed by atoms with Crippen molar-refractivity contribution < 1.29 is 38.4 Å². The number of nitrogens with zero attached hydrogens (tertiary/aromatic N) is 1. The number of aliphatic hydroxyl groups is 1. The molecule has 0 spiro atoms. The first-order valence-corrected chi connectivity index (χ1v) is 15.3. The topological polar surface area (TPSA) is 121 Å². The van der Waals surface area contributed by atoms with Gasteiger partial charge < -0.3 is 24.1 Å². The molecule has 0 amide bonds. The van der Waals surface area contributed by atoms with Crippen LogP contribution in [0.5, 0.6) is 17.2 Å². The Morgan fingerprint density at radius 3 is 2.70 bits per heavy atom. The van der Waals surface area contributed by atoms with Gasteiger partial charge >= 0.3 is 5.97 Å². The van der Waals surface area contributed by atoms with Crippen molar-refractivity contribution in [2.75, 3.05) is 19.8 Å². The van der Waals surface area contributed by atoms with Crippen molar-refractivity contribution in [1.29, 1.82) is 0 Å². The number of ketones is 1. The molecule has 44 heavy (non-hydrogen) atoms. The normalized spacial score (nSPS) is 22.2. The van der Waals surface area contributed by atoms with Gasteiger partial charge in [0.15, 0.2) is 6.29 Å². The molecule has 230 valence electrons. The lowest BCUT2D eigenvalue weighted by atomic mass is 9.75. The molecule has 9 nitrogen and oxygen atoms in total. The Balaban J connectivity index is 1.56. The van der Waals surface area contributed by atoms with Gasteiger partial charge in [-0.3, -0.25) is 14.6 Å². The molecule has 6 rings (SSSR count). The van der Waals surface area contributed by atoms with E-state index in [1.54, 1.807) is 26.8 Å². The Hall–Kier alpha value is -4.24. The molecule has 2 atom stereocenters. The fourth-order valence-electron chi connectivity index (χ4n) is 6.43. The van der Waals surface area contributed by atoms with Crippen molar-refractivity contribution in [3.63, 3.8) is 0 Å². The van der Waals surface area contributed by atoms with E-state index in [1.807, 2.05) is 31.2 Å². The Labute approximate surface area is 255 Å². The van der Waals surface area contributed by atoms with E-state index in [-0.39, 0.29) is 30.1 Å². The predicted octanol–water partition coefficient (Wildman–Crippen LogP) is 3.66. The number of hydrogen-bond donors (Lipinski definition) is 1. The number of Topliss-reactive ketones (excluding diaryl/α,β-unsaturated/α-hetero) is 1. The van der Waals surface area contributed by atoms with E-state index in [4.69, 9.17) is 18.9 Å². The van der Waals surface area contributed by atoms with Gasteiger partial charge in [0, 0.05) is 36.0 Å². The summed E-state index contributed by atoms with van der Waals surface area (Å²) < 4.78 is 24.0. The van der Waals surface area contributed by atoms with Gasteiger partial charge in [-0.1, -0.05) is 24.6 Å². The summed E-state index contributed by atoms with van der Waals surface area (Å²) in [6, 6.07) is 7.62. The second-order valence-electron chi connectivity index (χ2n) is 12.1. The Bertz CT molecular complexity index is 1740. The minimum Gasteiger partial charge on any atom is -0.492 e. The molecular weight excluding hydrogens is 562 g/mol. The molecule has 4 aliphatic rings. The molecule has 2 aromatic rings. The molecule has 3 heterocycles. The first-order valence-electron chi connectivity index (χ1n) is 15.3. The Morgan fingerprint density at radius 2 is 1.98 bits per heavy atom. The molecule has 1 N–H and O–H groups in total. The molecule has 1 saturated carbocycles. The minimum atomic E-state index is -1.14. The summed E-state index contributed by atoms with van der Waals surface area (Å²) in [6.07, 6.45) is 4.30. The van der Waals surface area contributed by atoms with Gasteiger partial charge in [-0.25, -0.2) is 4.79 Å². The van der Waals surface area contributed by atoms with Crippen molar-refractivity contribution in [2.45, 2.75) is 77.4 Å². The summed E-state index contributed by atoms with van der Waals surface area (Å²) in [5.41, 5.74) is 2.53. The Kier molecular flexibility index (Phi) is 7.92. The lowest BCUT2D eigenvalue weighted by Gasteiger charge is -2.31. The van der Waals surface area contributed by atoms with Gasteiger partial charge in [0.05, 0.1) is 41.9 Å². The largest absolute Gasteiger partial charge is 0.492 e. The highest BCUT2D eigenvalue weighted by atomic mass is 16.6. The van der Waals surface area contributed by atoms with E-state index in [0.29, 0.717) is 67.1 Å². The highest BCUT2D eigenvalue weighted by Crippen LogP contribution is 2.54. The van der Waals surface area contributed by atoms with Crippen LogP contribution in [-0.2, 0) is 25.5 Å². The lowest BCUT2D eigenvalue weighted by molar-refractivity contribution is -0.141. The van der Waals surface area contributed by atoms with Crippen LogP contribution in [0, 0.1) is 0 Å². The van der Waals surface area contributed by atoms with Crippen molar-refractivity contribution in [3.8, 4) is 17.2 Å². The smallest absolute Gasteiger partial charge is 0.375 e. The van der Waals surface area contributed by atoms with E-state index in [0.717, 1.165) is 33.7 Å². The maximum atomic E-state index is 13.4. The number of rotatable bonds is 8. The monoisotopic (exact) mass is 599 g/mol. The number of hydrogen-bond acceptors (Lipinski definition) is 9.